The third-order valence-corrected chi connectivity index (χ3v) is 4.15. The highest BCUT2D eigenvalue weighted by molar-refractivity contribution is 6.11. The van der Waals surface area contributed by atoms with Crippen LogP contribution in [0.1, 0.15) is 23.1 Å². The lowest BCUT2D eigenvalue weighted by Gasteiger charge is -2.15. The molecule has 1 amide bonds. The molecule has 0 aliphatic carbocycles. The number of carbonyl (C=O) groups excluding carboxylic acids is 1. The number of nitrogens with one attached hydrogen (secondary N) is 3. The average molecular weight is 357 g/mol. The van der Waals surface area contributed by atoms with Crippen LogP contribution >= 0.6 is 0 Å². The number of hydrogen-bond acceptors (Lipinski definition) is 5. The Hall–Kier alpha value is -3.16. The minimum atomic E-state index is -0.603. The number of rotatable bonds is 6. The Morgan fingerprint density at radius 3 is 2.31 bits per heavy atom. The molecule has 1 aromatic carbocycles. The van der Waals surface area contributed by atoms with Gasteiger partial charge in [-0.3, -0.25) is 18.7 Å². The van der Waals surface area contributed by atoms with Crippen LogP contribution in [0, 0.1) is 12.3 Å². The molecule has 0 bridgehead atoms. The van der Waals surface area contributed by atoms with Crippen LogP contribution in [0.5, 0.6) is 0 Å². The SMILES string of the molecule is CNc1c(C(=N)CC(=O)NCc2ccc(C)cc2)c(=O)n(C)c(=O)n1C. The standard InChI is InChI=1S/C18H23N5O3/c1-11-5-7-12(8-6-11)10-21-14(24)9-13(19)15-16(20-2)22(3)18(26)23(4)17(15)25/h5-8,19-20H,9-10H2,1-4H3,(H,21,24). The second-order valence-electron chi connectivity index (χ2n) is 6.10. The fourth-order valence-electron chi connectivity index (χ4n) is 2.63. The maximum absolute atomic E-state index is 12.4. The highest BCUT2D eigenvalue weighted by atomic mass is 16.2. The van der Waals surface area contributed by atoms with E-state index in [1.807, 2.05) is 31.2 Å². The Labute approximate surface area is 151 Å². The topological polar surface area (TPSA) is 109 Å². The fraction of sp³-hybridized carbons (Fsp3) is 0.333. The van der Waals surface area contributed by atoms with Crippen LogP contribution in [0.4, 0.5) is 5.82 Å². The predicted octanol–water partition coefficient (Wildman–Crippen LogP) is 0.508. The number of hydrogen-bond donors (Lipinski definition) is 3. The van der Waals surface area contributed by atoms with Crippen molar-refractivity contribution >= 4 is 17.4 Å². The summed E-state index contributed by atoms with van der Waals surface area (Å²) in [7, 11) is 4.41. The molecule has 0 saturated carbocycles. The van der Waals surface area contributed by atoms with Crippen molar-refractivity contribution in [1.29, 1.82) is 5.41 Å². The molecule has 138 valence electrons. The Bertz CT molecular complexity index is 955. The van der Waals surface area contributed by atoms with Gasteiger partial charge in [-0.1, -0.05) is 29.8 Å². The maximum atomic E-state index is 12.4. The summed E-state index contributed by atoms with van der Waals surface area (Å²) in [6.07, 6.45) is -0.256. The van der Waals surface area contributed by atoms with Gasteiger partial charge in [-0.2, -0.15) is 0 Å². The van der Waals surface area contributed by atoms with E-state index in [0.29, 0.717) is 6.54 Å². The third-order valence-electron chi connectivity index (χ3n) is 4.15. The van der Waals surface area contributed by atoms with E-state index < -0.39 is 11.2 Å². The molecule has 3 N–H and O–H groups in total. The fourth-order valence-corrected chi connectivity index (χ4v) is 2.63. The van der Waals surface area contributed by atoms with E-state index in [-0.39, 0.29) is 29.4 Å². The first-order chi connectivity index (χ1) is 12.3. The first-order valence-corrected chi connectivity index (χ1v) is 8.14. The zero-order chi connectivity index (χ0) is 19.4. The third kappa shape index (κ3) is 3.90. The second-order valence-corrected chi connectivity index (χ2v) is 6.10. The molecule has 8 nitrogen and oxygen atoms in total. The summed E-state index contributed by atoms with van der Waals surface area (Å²) >= 11 is 0. The molecule has 0 spiro atoms. The quantitative estimate of drug-likeness (QED) is 0.654. The van der Waals surface area contributed by atoms with Crippen molar-refractivity contribution in [2.24, 2.45) is 14.1 Å². The van der Waals surface area contributed by atoms with E-state index >= 15 is 0 Å². The Kier molecular flexibility index (Phi) is 5.76. The lowest BCUT2D eigenvalue weighted by Crippen LogP contribution is -2.42. The molecule has 2 aromatic rings. The number of nitrogens with zero attached hydrogens (tertiary/aromatic N) is 2. The number of carbonyl (C=O) groups is 1. The normalized spacial score (nSPS) is 10.5. The van der Waals surface area contributed by atoms with Crippen molar-refractivity contribution in [2.45, 2.75) is 19.9 Å². The number of aryl methyl sites for hydroxylation is 1. The van der Waals surface area contributed by atoms with Gasteiger partial charge in [0.25, 0.3) is 5.56 Å². The lowest BCUT2D eigenvalue weighted by atomic mass is 10.1. The van der Waals surface area contributed by atoms with Crippen LogP contribution in [0.3, 0.4) is 0 Å². The molecule has 0 aliphatic rings. The monoisotopic (exact) mass is 357 g/mol. The van der Waals surface area contributed by atoms with Gasteiger partial charge in [0.1, 0.15) is 11.4 Å². The Balaban J connectivity index is 2.17. The molecule has 0 unspecified atom stereocenters. The van der Waals surface area contributed by atoms with Gasteiger partial charge < -0.3 is 16.0 Å². The zero-order valence-corrected chi connectivity index (χ0v) is 15.3. The summed E-state index contributed by atoms with van der Waals surface area (Å²) in [6.45, 7) is 2.33. The van der Waals surface area contributed by atoms with E-state index in [0.717, 1.165) is 15.7 Å². The largest absolute Gasteiger partial charge is 0.374 e. The van der Waals surface area contributed by atoms with Crippen molar-refractivity contribution < 1.29 is 4.79 Å². The van der Waals surface area contributed by atoms with Gasteiger partial charge >= 0.3 is 5.69 Å². The van der Waals surface area contributed by atoms with E-state index in [2.05, 4.69) is 10.6 Å². The first kappa shape index (κ1) is 19.2. The van der Waals surface area contributed by atoms with Crippen molar-refractivity contribution in [3.8, 4) is 0 Å². The summed E-state index contributed by atoms with van der Waals surface area (Å²) < 4.78 is 2.17. The molecular weight excluding hydrogens is 334 g/mol. The number of anilines is 1. The minimum absolute atomic E-state index is 0.0163. The predicted molar refractivity (Wildman–Crippen MR) is 101 cm³/mol. The summed E-state index contributed by atoms with van der Waals surface area (Å²) in [4.78, 5) is 36.5. The molecule has 0 aliphatic heterocycles. The average Bonchev–Trinajstić information content (AvgIpc) is 2.62. The van der Waals surface area contributed by atoms with E-state index in [1.54, 1.807) is 7.05 Å². The summed E-state index contributed by atoms with van der Waals surface area (Å²) in [6, 6.07) is 7.75. The van der Waals surface area contributed by atoms with E-state index in [1.165, 1.54) is 18.7 Å². The number of benzene rings is 1. The van der Waals surface area contributed by atoms with Crippen LogP contribution < -0.4 is 21.9 Å². The van der Waals surface area contributed by atoms with Gasteiger partial charge in [-0.15, -0.1) is 0 Å². The molecule has 0 atom stereocenters. The van der Waals surface area contributed by atoms with Gasteiger partial charge in [-0.25, -0.2) is 4.79 Å². The molecule has 2 rings (SSSR count). The molecule has 1 heterocycles. The number of aromatic nitrogens is 2. The first-order valence-electron chi connectivity index (χ1n) is 8.14. The molecule has 1 aromatic heterocycles. The summed E-state index contributed by atoms with van der Waals surface area (Å²) in [5.41, 5.74) is 0.847. The van der Waals surface area contributed by atoms with Crippen molar-refractivity contribution in [3.63, 3.8) is 0 Å². The van der Waals surface area contributed by atoms with Crippen molar-refractivity contribution in [1.82, 2.24) is 14.5 Å². The molecular formula is C18H23N5O3. The highest BCUT2D eigenvalue weighted by Gasteiger charge is 2.20. The van der Waals surface area contributed by atoms with Gasteiger partial charge in [0.15, 0.2) is 0 Å². The van der Waals surface area contributed by atoms with Crippen LogP contribution in [0.15, 0.2) is 33.9 Å². The molecule has 0 fully saturated rings. The van der Waals surface area contributed by atoms with E-state index in [9.17, 15) is 14.4 Å². The molecule has 0 radical (unpaired) electrons. The zero-order valence-electron chi connectivity index (χ0n) is 15.3. The van der Waals surface area contributed by atoms with Crippen LogP contribution in [-0.2, 0) is 25.4 Å². The minimum Gasteiger partial charge on any atom is -0.374 e. The smallest absolute Gasteiger partial charge is 0.332 e. The lowest BCUT2D eigenvalue weighted by molar-refractivity contribution is -0.120. The summed E-state index contributed by atoms with van der Waals surface area (Å²) in [5.74, 6) is -0.150. The van der Waals surface area contributed by atoms with Gasteiger partial charge in [0.05, 0.1) is 12.1 Å². The van der Waals surface area contributed by atoms with Crippen molar-refractivity contribution in [3.05, 3.63) is 61.8 Å². The van der Waals surface area contributed by atoms with Gasteiger partial charge in [0, 0.05) is 27.7 Å². The van der Waals surface area contributed by atoms with Gasteiger partial charge in [-0.05, 0) is 12.5 Å². The van der Waals surface area contributed by atoms with Crippen LogP contribution in [-0.4, -0.2) is 27.8 Å². The van der Waals surface area contributed by atoms with Crippen molar-refractivity contribution in [2.75, 3.05) is 12.4 Å². The summed E-state index contributed by atoms with van der Waals surface area (Å²) in [5, 5.41) is 13.7. The molecule has 0 saturated heterocycles. The maximum Gasteiger partial charge on any atom is 0.332 e. The molecule has 8 heteroatoms. The van der Waals surface area contributed by atoms with E-state index in [4.69, 9.17) is 5.41 Å². The number of amides is 1. The highest BCUT2D eigenvalue weighted by Crippen LogP contribution is 2.10. The molecule has 26 heavy (non-hydrogen) atoms. The Morgan fingerprint density at radius 2 is 1.73 bits per heavy atom. The van der Waals surface area contributed by atoms with Crippen LogP contribution in [0.25, 0.3) is 0 Å². The Morgan fingerprint density at radius 1 is 1.12 bits per heavy atom. The second kappa shape index (κ2) is 7.81. The van der Waals surface area contributed by atoms with Gasteiger partial charge in [0.2, 0.25) is 5.91 Å². The van der Waals surface area contributed by atoms with Crippen LogP contribution in [0.2, 0.25) is 0 Å².